The zero-order valence-electron chi connectivity index (χ0n) is 11.2. The van der Waals surface area contributed by atoms with Crippen molar-refractivity contribution >= 4 is 0 Å². The molecule has 1 aromatic rings. The highest BCUT2D eigenvalue weighted by molar-refractivity contribution is 5.15. The Morgan fingerprint density at radius 2 is 2.06 bits per heavy atom. The third kappa shape index (κ3) is 3.69. The van der Waals surface area contributed by atoms with E-state index in [9.17, 15) is 5.11 Å². The Balaban J connectivity index is 2.06. The summed E-state index contributed by atoms with van der Waals surface area (Å²) in [4.78, 5) is 2.37. The van der Waals surface area contributed by atoms with Gasteiger partial charge in [-0.05, 0) is 31.2 Å². The van der Waals surface area contributed by atoms with Crippen molar-refractivity contribution in [3.8, 4) is 0 Å². The Morgan fingerprint density at radius 3 is 2.56 bits per heavy atom. The molecule has 2 heteroatoms. The molecular weight excluding hydrogens is 222 g/mol. The summed E-state index contributed by atoms with van der Waals surface area (Å²) >= 11 is 0. The number of nitrogens with zero attached hydrogens (tertiary/aromatic N) is 1. The SMILES string of the molecule is C=C(C)CN(Cc1ccccc1)C(CO)C1CC1. The molecule has 0 heterocycles. The van der Waals surface area contributed by atoms with Crippen molar-refractivity contribution in [1.82, 2.24) is 4.90 Å². The minimum absolute atomic E-state index is 0.255. The molecule has 2 nitrogen and oxygen atoms in total. The number of benzene rings is 1. The molecule has 1 fully saturated rings. The van der Waals surface area contributed by atoms with E-state index in [0.717, 1.165) is 18.7 Å². The van der Waals surface area contributed by atoms with Crippen molar-refractivity contribution in [3.63, 3.8) is 0 Å². The lowest BCUT2D eigenvalue weighted by atomic mass is 10.1. The molecule has 0 bridgehead atoms. The predicted octanol–water partition coefficient (Wildman–Crippen LogP) is 2.84. The van der Waals surface area contributed by atoms with Gasteiger partial charge in [-0.25, -0.2) is 0 Å². The highest BCUT2D eigenvalue weighted by Gasteiger charge is 2.34. The van der Waals surface area contributed by atoms with Gasteiger partial charge < -0.3 is 5.11 Å². The molecule has 0 spiro atoms. The van der Waals surface area contributed by atoms with Crippen LogP contribution in [0.4, 0.5) is 0 Å². The second kappa shape index (κ2) is 6.17. The molecular formula is C16H23NO. The first-order valence-corrected chi connectivity index (χ1v) is 6.74. The fourth-order valence-electron chi connectivity index (χ4n) is 2.50. The molecule has 0 radical (unpaired) electrons. The maximum Gasteiger partial charge on any atom is 0.0589 e. The summed E-state index contributed by atoms with van der Waals surface area (Å²) in [5, 5.41) is 9.63. The van der Waals surface area contributed by atoms with E-state index in [1.165, 1.54) is 18.4 Å². The lowest BCUT2D eigenvalue weighted by Crippen LogP contribution is -2.40. The number of rotatable bonds is 7. The maximum atomic E-state index is 9.63. The Morgan fingerprint density at radius 1 is 1.39 bits per heavy atom. The van der Waals surface area contributed by atoms with Gasteiger partial charge in [0, 0.05) is 19.1 Å². The molecule has 1 aromatic carbocycles. The fourth-order valence-corrected chi connectivity index (χ4v) is 2.50. The first kappa shape index (κ1) is 13.3. The van der Waals surface area contributed by atoms with Crippen molar-refractivity contribution in [2.24, 2.45) is 5.92 Å². The molecule has 1 unspecified atom stereocenters. The summed E-state index contributed by atoms with van der Waals surface area (Å²) in [6.07, 6.45) is 2.51. The standard InChI is InChI=1S/C16H23NO/c1-13(2)10-17(16(12-18)15-8-9-15)11-14-6-4-3-5-7-14/h3-7,15-16,18H,1,8-12H2,2H3. The summed E-state index contributed by atoms with van der Waals surface area (Å²) in [6.45, 7) is 8.09. The summed E-state index contributed by atoms with van der Waals surface area (Å²) in [6, 6.07) is 10.8. The van der Waals surface area contributed by atoms with Gasteiger partial charge in [0.1, 0.15) is 0 Å². The smallest absolute Gasteiger partial charge is 0.0589 e. The van der Waals surface area contributed by atoms with Crippen LogP contribution >= 0.6 is 0 Å². The second-order valence-electron chi connectivity index (χ2n) is 5.44. The molecule has 1 saturated carbocycles. The Bertz CT molecular complexity index is 383. The van der Waals surface area contributed by atoms with Crippen molar-refractivity contribution in [2.75, 3.05) is 13.2 Å². The summed E-state index contributed by atoms with van der Waals surface area (Å²) in [7, 11) is 0. The molecule has 1 N–H and O–H groups in total. The van der Waals surface area contributed by atoms with Gasteiger partial charge in [0.2, 0.25) is 0 Å². The lowest BCUT2D eigenvalue weighted by molar-refractivity contribution is 0.110. The number of aliphatic hydroxyl groups excluding tert-OH is 1. The Hall–Kier alpha value is -1.12. The van der Waals surface area contributed by atoms with Gasteiger partial charge in [0.15, 0.2) is 0 Å². The molecule has 1 atom stereocenters. The van der Waals surface area contributed by atoms with Crippen LogP contribution in [0.1, 0.15) is 25.3 Å². The molecule has 98 valence electrons. The van der Waals surface area contributed by atoms with E-state index in [1.54, 1.807) is 0 Å². The number of aliphatic hydroxyl groups is 1. The van der Waals surface area contributed by atoms with Crippen LogP contribution in [0, 0.1) is 5.92 Å². The van der Waals surface area contributed by atoms with E-state index in [0.29, 0.717) is 12.0 Å². The van der Waals surface area contributed by atoms with Crippen LogP contribution < -0.4 is 0 Å². The average Bonchev–Trinajstić information content (AvgIpc) is 3.15. The van der Waals surface area contributed by atoms with E-state index in [1.807, 2.05) is 6.07 Å². The van der Waals surface area contributed by atoms with Crippen LogP contribution in [0.2, 0.25) is 0 Å². The number of hydrogen-bond donors (Lipinski definition) is 1. The minimum atomic E-state index is 0.255. The number of hydrogen-bond acceptors (Lipinski definition) is 2. The molecule has 1 aliphatic rings. The van der Waals surface area contributed by atoms with E-state index in [-0.39, 0.29) is 6.61 Å². The molecule has 2 rings (SSSR count). The first-order valence-electron chi connectivity index (χ1n) is 6.74. The minimum Gasteiger partial charge on any atom is -0.395 e. The largest absolute Gasteiger partial charge is 0.395 e. The van der Waals surface area contributed by atoms with E-state index < -0.39 is 0 Å². The monoisotopic (exact) mass is 245 g/mol. The van der Waals surface area contributed by atoms with Crippen LogP contribution in [0.3, 0.4) is 0 Å². The summed E-state index contributed by atoms with van der Waals surface area (Å²) < 4.78 is 0. The van der Waals surface area contributed by atoms with Crippen molar-refractivity contribution in [2.45, 2.75) is 32.4 Å². The molecule has 0 aliphatic heterocycles. The van der Waals surface area contributed by atoms with Gasteiger partial charge in [-0.2, -0.15) is 0 Å². The Kier molecular flexibility index (Phi) is 4.56. The zero-order chi connectivity index (χ0) is 13.0. The highest BCUT2D eigenvalue weighted by atomic mass is 16.3. The Labute approximate surface area is 110 Å². The molecule has 18 heavy (non-hydrogen) atoms. The van der Waals surface area contributed by atoms with Gasteiger partial charge in [-0.1, -0.05) is 42.5 Å². The van der Waals surface area contributed by atoms with Gasteiger partial charge in [0.05, 0.1) is 6.61 Å². The van der Waals surface area contributed by atoms with E-state index in [2.05, 4.69) is 42.7 Å². The van der Waals surface area contributed by atoms with E-state index in [4.69, 9.17) is 0 Å². The topological polar surface area (TPSA) is 23.5 Å². The predicted molar refractivity (Wildman–Crippen MR) is 75.3 cm³/mol. The third-order valence-electron chi connectivity index (χ3n) is 3.52. The second-order valence-corrected chi connectivity index (χ2v) is 5.44. The van der Waals surface area contributed by atoms with Gasteiger partial charge in [0.25, 0.3) is 0 Å². The van der Waals surface area contributed by atoms with Crippen molar-refractivity contribution < 1.29 is 5.11 Å². The average molecular weight is 245 g/mol. The summed E-state index contributed by atoms with van der Waals surface area (Å²) in [5.41, 5.74) is 2.46. The van der Waals surface area contributed by atoms with Crippen LogP contribution in [-0.4, -0.2) is 29.2 Å². The lowest BCUT2D eigenvalue weighted by Gasteiger charge is -2.31. The van der Waals surface area contributed by atoms with Crippen LogP contribution in [-0.2, 0) is 6.54 Å². The molecule has 0 saturated heterocycles. The van der Waals surface area contributed by atoms with Crippen LogP contribution in [0.25, 0.3) is 0 Å². The molecule has 0 amide bonds. The van der Waals surface area contributed by atoms with Crippen LogP contribution in [0.15, 0.2) is 42.5 Å². The molecule has 1 aliphatic carbocycles. The van der Waals surface area contributed by atoms with Crippen LogP contribution in [0.5, 0.6) is 0 Å². The fraction of sp³-hybridized carbons (Fsp3) is 0.500. The van der Waals surface area contributed by atoms with Crippen molar-refractivity contribution in [1.29, 1.82) is 0 Å². The van der Waals surface area contributed by atoms with Gasteiger partial charge in [-0.3, -0.25) is 4.90 Å². The van der Waals surface area contributed by atoms with E-state index >= 15 is 0 Å². The summed E-state index contributed by atoms with van der Waals surface area (Å²) in [5.74, 6) is 0.679. The quantitative estimate of drug-likeness (QED) is 0.747. The highest BCUT2D eigenvalue weighted by Crippen LogP contribution is 2.35. The zero-order valence-corrected chi connectivity index (χ0v) is 11.2. The normalized spacial score (nSPS) is 16.8. The van der Waals surface area contributed by atoms with Gasteiger partial charge in [-0.15, -0.1) is 0 Å². The van der Waals surface area contributed by atoms with Gasteiger partial charge >= 0.3 is 0 Å². The third-order valence-corrected chi connectivity index (χ3v) is 3.52. The van der Waals surface area contributed by atoms with Crippen molar-refractivity contribution in [3.05, 3.63) is 48.0 Å². The molecule has 0 aromatic heterocycles. The first-order chi connectivity index (χ1) is 8.70. The maximum absolute atomic E-state index is 9.63.